The molecule has 2 amide bonds. The Labute approximate surface area is 143 Å². The van der Waals surface area contributed by atoms with Crippen LogP contribution in [0.3, 0.4) is 0 Å². The largest absolute Gasteiger partial charge is 0.371 e. The average molecular weight is 323 g/mol. The number of carbonyl (C=O) groups is 1. The summed E-state index contributed by atoms with van der Waals surface area (Å²) in [6, 6.07) is 16.1. The summed E-state index contributed by atoms with van der Waals surface area (Å²) in [6.07, 6.45) is 3.80. The van der Waals surface area contributed by atoms with Crippen LogP contribution >= 0.6 is 0 Å². The van der Waals surface area contributed by atoms with E-state index in [0.29, 0.717) is 6.54 Å². The number of rotatable bonds is 4. The minimum atomic E-state index is -0.175. The molecule has 0 atom stereocenters. The molecule has 126 valence electrons. The summed E-state index contributed by atoms with van der Waals surface area (Å²) in [7, 11) is 0. The zero-order valence-corrected chi connectivity index (χ0v) is 14.2. The van der Waals surface area contributed by atoms with E-state index in [-0.39, 0.29) is 6.03 Å². The standard InChI is InChI=1S/C20H25N3O/c1-16-8-10-17(11-9-16)15-21-20(24)22-18-6-5-7-19(14-18)23-12-3-2-4-13-23/h5-11,14H,2-4,12-13,15H2,1H3,(H2,21,22,24). The maximum Gasteiger partial charge on any atom is 0.319 e. The van der Waals surface area contributed by atoms with Crippen molar-refractivity contribution in [2.24, 2.45) is 0 Å². The maximum absolute atomic E-state index is 12.1. The molecule has 0 bridgehead atoms. The highest BCUT2D eigenvalue weighted by molar-refractivity contribution is 5.89. The molecule has 0 unspecified atom stereocenters. The van der Waals surface area contributed by atoms with Gasteiger partial charge in [-0.05, 0) is 49.9 Å². The van der Waals surface area contributed by atoms with Crippen LogP contribution < -0.4 is 15.5 Å². The minimum Gasteiger partial charge on any atom is -0.371 e. The minimum absolute atomic E-state index is 0.175. The van der Waals surface area contributed by atoms with Crippen molar-refractivity contribution in [2.75, 3.05) is 23.3 Å². The van der Waals surface area contributed by atoms with Gasteiger partial charge in [-0.2, -0.15) is 0 Å². The normalized spacial score (nSPS) is 14.3. The molecule has 4 heteroatoms. The highest BCUT2D eigenvalue weighted by Gasteiger charge is 2.11. The summed E-state index contributed by atoms with van der Waals surface area (Å²) < 4.78 is 0. The van der Waals surface area contributed by atoms with E-state index >= 15 is 0 Å². The fraction of sp³-hybridized carbons (Fsp3) is 0.350. The zero-order valence-electron chi connectivity index (χ0n) is 14.2. The van der Waals surface area contributed by atoms with Crippen molar-refractivity contribution < 1.29 is 4.79 Å². The van der Waals surface area contributed by atoms with Gasteiger partial charge in [0, 0.05) is 31.0 Å². The molecule has 0 spiro atoms. The first-order chi connectivity index (χ1) is 11.7. The van der Waals surface area contributed by atoms with E-state index in [4.69, 9.17) is 0 Å². The maximum atomic E-state index is 12.1. The van der Waals surface area contributed by atoms with Crippen molar-refractivity contribution >= 4 is 17.4 Å². The number of hydrogen-bond donors (Lipinski definition) is 2. The van der Waals surface area contributed by atoms with Gasteiger partial charge in [-0.1, -0.05) is 35.9 Å². The number of anilines is 2. The van der Waals surface area contributed by atoms with E-state index in [1.54, 1.807) is 0 Å². The summed E-state index contributed by atoms with van der Waals surface area (Å²) in [4.78, 5) is 14.5. The van der Waals surface area contributed by atoms with Gasteiger partial charge in [-0.25, -0.2) is 4.79 Å². The number of benzene rings is 2. The summed E-state index contributed by atoms with van der Waals surface area (Å²) in [5, 5.41) is 5.83. The van der Waals surface area contributed by atoms with Crippen LogP contribution in [0.2, 0.25) is 0 Å². The van der Waals surface area contributed by atoms with Crippen molar-refractivity contribution in [1.29, 1.82) is 0 Å². The van der Waals surface area contributed by atoms with Crippen LogP contribution in [0, 0.1) is 6.92 Å². The molecule has 24 heavy (non-hydrogen) atoms. The number of carbonyl (C=O) groups excluding carboxylic acids is 1. The molecule has 1 aliphatic heterocycles. The van der Waals surface area contributed by atoms with Crippen LogP contribution in [-0.2, 0) is 6.54 Å². The van der Waals surface area contributed by atoms with E-state index in [9.17, 15) is 4.79 Å². The first-order valence-corrected chi connectivity index (χ1v) is 8.66. The van der Waals surface area contributed by atoms with Gasteiger partial charge in [0.05, 0.1) is 0 Å². The van der Waals surface area contributed by atoms with Crippen LogP contribution in [0.1, 0.15) is 30.4 Å². The van der Waals surface area contributed by atoms with E-state index in [0.717, 1.165) is 24.3 Å². The Kier molecular flexibility index (Phi) is 5.36. The molecule has 2 N–H and O–H groups in total. The number of aryl methyl sites for hydroxylation is 1. The van der Waals surface area contributed by atoms with Crippen molar-refractivity contribution in [3.05, 3.63) is 59.7 Å². The van der Waals surface area contributed by atoms with E-state index in [1.165, 1.54) is 30.5 Å². The first-order valence-electron chi connectivity index (χ1n) is 8.66. The molecule has 2 aromatic carbocycles. The molecular weight excluding hydrogens is 298 g/mol. The lowest BCUT2D eigenvalue weighted by Crippen LogP contribution is -2.30. The van der Waals surface area contributed by atoms with E-state index < -0.39 is 0 Å². The molecule has 3 rings (SSSR count). The monoisotopic (exact) mass is 323 g/mol. The number of nitrogens with zero attached hydrogens (tertiary/aromatic N) is 1. The summed E-state index contributed by atoms with van der Waals surface area (Å²) >= 11 is 0. The van der Waals surface area contributed by atoms with Gasteiger partial charge in [0.2, 0.25) is 0 Å². The van der Waals surface area contributed by atoms with Crippen molar-refractivity contribution in [3.8, 4) is 0 Å². The smallest absolute Gasteiger partial charge is 0.319 e. The lowest BCUT2D eigenvalue weighted by atomic mass is 10.1. The number of nitrogens with one attached hydrogen (secondary N) is 2. The van der Waals surface area contributed by atoms with Crippen LogP contribution in [0.15, 0.2) is 48.5 Å². The summed E-state index contributed by atoms with van der Waals surface area (Å²) in [5.74, 6) is 0. The van der Waals surface area contributed by atoms with Crippen molar-refractivity contribution in [3.63, 3.8) is 0 Å². The lowest BCUT2D eigenvalue weighted by molar-refractivity contribution is 0.251. The second-order valence-corrected chi connectivity index (χ2v) is 6.39. The van der Waals surface area contributed by atoms with Gasteiger partial charge in [0.15, 0.2) is 0 Å². The Morgan fingerprint density at radius 3 is 2.54 bits per heavy atom. The fourth-order valence-corrected chi connectivity index (χ4v) is 3.00. The third-order valence-corrected chi connectivity index (χ3v) is 4.40. The Morgan fingerprint density at radius 2 is 1.79 bits per heavy atom. The van der Waals surface area contributed by atoms with Gasteiger partial charge < -0.3 is 15.5 Å². The summed E-state index contributed by atoms with van der Waals surface area (Å²) in [6.45, 7) is 4.78. The van der Waals surface area contributed by atoms with Crippen LogP contribution in [-0.4, -0.2) is 19.1 Å². The van der Waals surface area contributed by atoms with Crippen molar-refractivity contribution in [2.45, 2.75) is 32.7 Å². The van der Waals surface area contributed by atoms with Crippen LogP contribution in [0.25, 0.3) is 0 Å². The molecule has 1 saturated heterocycles. The number of hydrogen-bond acceptors (Lipinski definition) is 2. The van der Waals surface area contributed by atoms with Gasteiger partial charge >= 0.3 is 6.03 Å². The molecule has 0 aromatic heterocycles. The highest BCUT2D eigenvalue weighted by Crippen LogP contribution is 2.22. The van der Waals surface area contributed by atoms with E-state index in [1.807, 2.05) is 24.3 Å². The number of piperidine rings is 1. The molecule has 4 nitrogen and oxygen atoms in total. The van der Waals surface area contributed by atoms with E-state index in [2.05, 4.69) is 46.7 Å². The van der Waals surface area contributed by atoms with Gasteiger partial charge in [0.25, 0.3) is 0 Å². The van der Waals surface area contributed by atoms with Gasteiger partial charge in [-0.15, -0.1) is 0 Å². The molecule has 2 aromatic rings. The average Bonchev–Trinajstić information content (AvgIpc) is 2.62. The number of urea groups is 1. The molecule has 0 radical (unpaired) electrons. The second-order valence-electron chi connectivity index (χ2n) is 6.39. The van der Waals surface area contributed by atoms with Crippen LogP contribution in [0.5, 0.6) is 0 Å². The summed E-state index contributed by atoms with van der Waals surface area (Å²) in [5.41, 5.74) is 4.33. The molecule has 1 aliphatic rings. The first kappa shape index (κ1) is 16.4. The Hall–Kier alpha value is -2.49. The predicted molar refractivity (Wildman–Crippen MR) is 99.5 cm³/mol. The Morgan fingerprint density at radius 1 is 1.04 bits per heavy atom. The van der Waals surface area contributed by atoms with Gasteiger partial charge in [0.1, 0.15) is 0 Å². The molecular formula is C20H25N3O. The topological polar surface area (TPSA) is 44.4 Å². The third-order valence-electron chi connectivity index (χ3n) is 4.40. The highest BCUT2D eigenvalue weighted by atomic mass is 16.2. The SMILES string of the molecule is Cc1ccc(CNC(=O)Nc2cccc(N3CCCCC3)c2)cc1. The van der Waals surface area contributed by atoms with Crippen molar-refractivity contribution in [1.82, 2.24) is 5.32 Å². The predicted octanol–water partition coefficient (Wildman–Crippen LogP) is 4.31. The Balaban J connectivity index is 1.55. The Bertz CT molecular complexity index is 676. The van der Waals surface area contributed by atoms with Gasteiger partial charge in [-0.3, -0.25) is 0 Å². The molecule has 1 fully saturated rings. The molecule has 0 saturated carbocycles. The molecule has 0 aliphatic carbocycles. The van der Waals surface area contributed by atoms with Crippen LogP contribution in [0.4, 0.5) is 16.2 Å². The fourth-order valence-electron chi connectivity index (χ4n) is 3.00. The number of amides is 2. The molecule has 1 heterocycles. The lowest BCUT2D eigenvalue weighted by Gasteiger charge is -2.29. The second kappa shape index (κ2) is 7.86. The quantitative estimate of drug-likeness (QED) is 0.881. The third kappa shape index (κ3) is 4.51. The zero-order chi connectivity index (χ0) is 16.8.